The van der Waals surface area contributed by atoms with Gasteiger partial charge in [0.25, 0.3) is 0 Å². The van der Waals surface area contributed by atoms with Crippen LogP contribution < -0.4 is 0 Å². The first-order valence-electron chi connectivity index (χ1n) is 13.1. The number of Topliss-reactive ketones (excluding diaryl/α,β-unsaturated/α-hetero) is 1. The highest BCUT2D eigenvalue weighted by atomic mass is 16.2. The number of fused-ring (bicyclic) bond motifs is 5. The summed E-state index contributed by atoms with van der Waals surface area (Å²) in [6, 6.07) is 0. The van der Waals surface area contributed by atoms with Gasteiger partial charge in [0, 0.05) is 12.0 Å². The Labute approximate surface area is 185 Å². The van der Waals surface area contributed by atoms with Crippen LogP contribution in [0.1, 0.15) is 105 Å². The SMILES string of the molecule is CC(C)CCCC(C)C1CCC2C3CCC4C/C(=C/O)C(=O)CC4(C)C3CCC12C. The van der Waals surface area contributed by atoms with E-state index in [4.69, 9.17) is 0 Å². The highest BCUT2D eigenvalue weighted by Gasteiger charge is 2.61. The van der Waals surface area contributed by atoms with Crippen LogP contribution in [0, 0.1) is 52.3 Å². The first kappa shape index (κ1) is 22.4. The van der Waals surface area contributed by atoms with E-state index in [1.807, 2.05) is 0 Å². The van der Waals surface area contributed by atoms with Gasteiger partial charge in [-0.15, -0.1) is 0 Å². The maximum atomic E-state index is 12.7. The number of ketones is 1. The predicted molar refractivity (Wildman–Crippen MR) is 124 cm³/mol. The molecule has 4 aliphatic carbocycles. The molecule has 30 heavy (non-hydrogen) atoms. The number of carbonyl (C=O) groups is 1. The molecule has 0 aromatic rings. The third kappa shape index (κ3) is 3.58. The second-order valence-corrected chi connectivity index (χ2v) is 12.6. The van der Waals surface area contributed by atoms with Gasteiger partial charge in [-0.2, -0.15) is 0 Å². The molecule has 1 N–H and O–H groups in total. The Morgan fingerprint density at radius 3 is 2.43 bits per heavy atom. The number of aliphatic hydroxyl groups excluding tert-OH is 1. The molecule has 0 radical (unpaired) electrons. The smallest absolute Gasteiger partial charge is 0.162 e. The van der Waals surface area contributed by atoms with Crippen molar-refractivity contribution >= 4 is 5.78 Å². The van der Waals surface area contributed by atoms with Crippen molar-refractivity contribution in [2.24, 2.45) is 52.3 Å². The molecular weight excluding hydrogens is 368 g/mol. The lowest BCUT2D eigenvalue weighted by Gasteiger charge is -2.60. The Bertz CT molecular complexity index is 678. The standard InChI is InChI=1S/C28H46O2/c1-18(2)7-6-8-19(3)23-11-12-24-22-10-9-21-15-20(17-29)26(30)16-28(21,5)25(22)13-14-27(23,24)4/h17-19,21-25,29H,6-16H2,1-5H3/b20-17-. The highest BCUT2D eigenvalue weighted by molar-refractivity contribution is 5.96. The molecule has 4 aliphatic rings. The zero-order valence-corrected chi connectivity index (χ0v) is 20.3. The minimum absolute atomic E-state index is 0.162. The number of aliphatic hydroxyl groups is 1. The summed E-state index contributed by atoms with van der Waals surface area (Å²) >= 11 is 0. The third-order valence-corrected chi connectivity index (χ3v) is 10.8. The van der Waals surface area contributed by atoms with Gasteiger partial charge in [-0.25, -0.2) is 0 Å². The molecule has 0 amide bonds. The van der Waals surface area contributed by atoms with Gasteiger partial charge in [0.15, 0.2) is 5.78 Å². The largest absolute Gasteiger partial charge is 0.515 e. The van der Waals surface area contributed by atoms with E-state index in [9.17, 15) is 9.90 Å². The molecule has 4 fully saturated rings. The number of hydrogen-bond acceptors (Lipinski definition) is 2. The van der Waals surface area contributed by atoms with Crippen LogP contribution in [0.5, 0.6) is 0 Å². The normalized spacial score (nSPS) is 45.9. The average molecular weight is 415 g/mol. The molecular formula is C28H46O2. The summed E-state index contributed by atoms with van der Waals surface area (Å²) in [6.45, 7) is 12.3. The topological polar surface area (TPSA) is 37.3 Å². The second-order valence-electron chi connectivity index (χ2n) is 12.6. The molecule has 0 aliphatic heterocycles. The van der Waals surface area contributed by atoms with E-state index < -0.39 is 0 Å². The van der Waals surface area contributed by atoms with Gasteiger partial charge < -0.3 is 5.11 Å². The zero-order chi connectivity index (χ0) is 21.7. The molecule has 0 saturated heterocycles. The quantitative estimate of drug-likeness (QED) is 0.369. The molecule has 0 bridgehead atoms. The predicted octanol–water partition coefficient (Wildman–Crippen LogP) is 7.73. The van der Waals surface area contributed by atoms with Gasteiger partial charge in [-0.1, -0.05) is 53.9 Å². The van der Waals surface area contributed by atoms with E-state index in [2.05, 4.69) is 34.6 Å². The molecule has 8 unspecified atom stereocenters. The van der Waals surface area contributed by atoms with E-state index >= 15 is 0 Å². The van der Waals surface area contributed by atoms with Crippen molar-refractivity contribution in [1.82, 2.24) is 0 Å². The van der Waals surface area contributed by atoms with E-state index in [0.717, 1.165) is 42.3 Å². The van der Waals surface area contributed by atoms with Gasteiger partial charge in [0.1, 0.15) is 0 Å². The van der Waals surface area contributed by atoms with E-state index in [0.29, 0.717) is 29.2 Å². The number of hydrogen-bond donors (Lipinski definition) is 1. The Morgan fingerprint density at radius 2 is 1.73 bits per heavy atom. The highest BCUT2D eigenvalue weighted by Crippen LogP contribution is 2.68. The molecule has 2 heteroatoms. The van der Waals surface area contributed by atoms with E-state index in [1.54, 1.807) is 0 Å². The van der Waals surface area contributed by atoms with Crippen LogP contribution in [0.2, 0.25) is 0 Å². The summed E-state index contributed by atoms with van der Waals surface area (Å²) in [6.07, 6.45) is 14.9. The lowest BCUT2D eigenvalue weighted by molar-refractivity contribution is -0.136. The van der Waals surface area contributed by atoms with Crippen molar-refractivity contribution in [3.8, 4) is 0 Å². The molecule has 0 aromatic carbocycles. The van der Waals surface area contributed by atoms with Crippen molar-refractivity contribution in [3.05, 3.63) is 11.8 Å². The van der Waals surface area contributed by atoms with Crippen LogP contribution in [-0.2, 0) is 4.79 Å². The third-order valence-electron chi connectivity index (χ3n) is 10.8. The van der Waals surface area contributed by atoms with Crippen LogP contribution in [0.3, 0.4) is 0 Å². The summed E-state index contributed by atoms with van der Waals surface area (Å²) in [5.74, 6) is 5.80. The average Bonchev–Trinajstić information content (AvgIpc) is 3.04. The number of allylic oxidation sites excluding steroid dienone is 1. The van der Waals surface area contributed by atoms with Crippen LogP contribution >= 0.6 is 0 Å². The lowest BCUT2D eigenvalue weighted by Crippen LogP contribution is -2.54. The Balaban J connectivity index is 1.49. The molecule has 2 nitrogen and oxygen atoms in total. The van der Waals surface area contributed by atoms with Crippen molar-refractivity contribution < 1.29 is 9.90 Å². The summed E-state index contributed by atoms with van der Waals surface area (Å²) in [5, 5.41) is 9.52. The maximum absolute atomic E-state index is 12.7. The zero-order valence-electron chi connectivity index (χ0n) is 20.3. The van der Waals surface area contributed by atoms with Crippen LogP contribution in [0.15, 0.2) is 11.8 Å². The Hall–Kier alpha value is -0.790. The van der Waals surface area contributed by atoms with Crippen LogP contribution in [0.25, 0.3) is 0 Å². The second kappa shape index (κ2) is 8.28. The van der Waals surface area contributed by atoms with Crippen molar-refractivity contribution in [2.75, 3.05) is 0 Å². The molecule has 0 spiro atoms. The Kier molecular flexibility index (Phi) is 6.19. The molecule has 0 aromatic heterocycles. The van der Waals surface area contributed by atoms with Crippen LogP contribution in [-0.4, -0.2) is 10.9 Å². The summed E-state index contributed by atoms with van der Waals surface area (Å²) in [5.41, 5.74) is 1.37. The minimum Gasteiger partial charge on any atom is -0.515 e. The van der Waals surface area contributed by atoms with Gasteiger partial charge >= 0.3 is 0 Å². The first-order chi connectivity index (χ1) is 14.2. The van der Waals surface area contributed by atoms with Crippen molar-refractivity contribution in [3.63, 3.8) is 0 Å². The number of carbonyl (C=O) groups excluding carboxylic acids is 1. The molecule has 4 saturated carbocycles. The monoisotopic (exact) mass is 414 g/mol. The maximum Gasteiger partial charge on any atom is 0.162 e. The van der Waals surface area contributed by atoms with Gasteiger partial charge in [-0.05, 0) is 97.2 Å². The molecule has 0 heterocycles. The van der Waals surface area contributed by atoms with E-state index in [1.165, 1.54) is 57.8 Å². The summed E-state index contributed by atoms with van der Waals surface area (Å²) in [4.78, 5) is 12.7. The van der Waals surface area contributed by atoms with Gasteiger partial charge in [-0.3, -0.25) is 4.79 Å². The fourth-order valence-corrected chi connectivity index (χ4v) is 9.13. The molecule has 170 valence electrons. The van der Waals surface area contributed by atoms with Gasteiger partial charge in [0.05, 0.1) is 6.26 Å². The van der Waals surface area contributed by atoms with Crippen molar-refractivity contribution in [1.29, 1.82) is 0 Å². The lowest BCUT2D eigenvalue weighted by atomic mass is 9.44. The minimum atomic E-state index is 0.162. The Morgan fingerprint density at radius 1 is 1.00 bits per heavy atom. The molecule has 8 atom stereocenters. The van der Waals surface area contributed by atoms with Crippen LogP contribution in [0.4, 0.5) is 0 Å². The fourth-order valence-electron chi connectivity index (χ4n) is 9.13. The van der Waals surface area contributed by atoms with Gasteiger partial charge in [0.2, 0.25) is 0 Å². The number of rotatable bonds is 5. The summed E-state index contributed by atoms with van der Waals surface area (Å²) in [7, 11) is 0. The fraction of sp³-hybridized carbons (Fsp3) is 0.893. The molecule has 4 rings (SSSR count). The first-order valence-corrected chi connectivity index (χ1v) is 13.1. The van der Waals surface area contributed by atoms with Crippen molar-refractivity contribution in [2.45, 2.75) is 105 Å². The van der Waals surface area contributed by atoms with E-state index in [-0.39, 0.29) is 11.2 Å². The summed E-state index contributed by atoms with van der Waals surface area (Å²) < 4.78 is 0.